The van der Waals surface area contributed by atoms with Gasteiger partial charge in [-0.3, -0.25) is 9.48 Å². The number of hydrogen-bond acceptors (Lipinski definition) is 4. The lowest BCUT2D eigenvalue weighted by molar-refractivity contribution is 0.0773. The van der Waals surface area contributed by atoms with Crippen LogP contribution in [0.25, 0.3) is 11.3 Å². The lowest BCUT2D eigenvalue weighted by Gasteiger charge is -2.20. The van der Waals surface area contributed by atoms with Crippen LogP contribution >= 0.6 is 0 Å². The molecule has 0 saturated carbocycles. The summed E-state index contributed by atoms with van der Waals surface area (Å²) in [5.41, 5.74) is 2.42. The SMILES string of the molecule is CN(C)C[C@@H]1CN(C(=O)c2cc(-c3ccccc3)n(C)n2)C[C@@H]1CO. The lowest BCUT2D eigenvalue weighted by Crippen LogP contribution is -2.31. The van der Waals surface area contributed by atoms with Crippen LogP contribution in [0.15, 0.2) is 36.4 Å². The molecule has 2 atom stereocenters. The molecule has 1 aliphatic rings. The number of benzene rings is 1. The van der Waals surface area contributed by atoms with Crippen molar-refractivity contribution < 1.29 is 9.90 Å². The quantitative estimate of drug-likeness (QED) is 0.890. The van der Waals surface area contributed by atoms with E-state index >= 15 is 0 Å². The summed E-state index contributed by atoms with van der Waals surface area (Å²) in [6, 6.07) is 11.8. The van der Waals surface area contributed by atoms with Crippen molar-refractivity contribution in [1.82, 2.24) is 19.6 Å². The minimum atomic E-state index is -0.0579. The van der Waals surface area contributed by atoms with E-state index < -0.39 is 0 Å². The molecule has 6 nitrogen and oxygen atoms in total. The van der Waals surface area contributed by atoms with E-state index in [1.165, 1.54) is 0 Å². The van der Waals surface area contributed by atoms with Crippen molar-refractivity contribution in [2.24, 2.45) is 18.9 Å². The van der Waals surface area contributed by atoms with Gasteiger partial charge in [-0.2, -0.15) is 5.10 Å². The maximum absolute atomic E-state index is 12.9. The molecular weight excluding hydrogens is 316 g/mol. The Bertz CT molecular complexity index is 726. The molecule has 1 fully saturated rings. The molecule has 0 unspecified atom stereocenters. The number of carbonyl (C=O) groups excluding carboxylic acids is 1. The van der Waals surface area contributed by atoms with Crippen LogP contribution in [0.1, 0.15) is 10.5 Å². The van der Waals surface area contributed by atoms with Gasteiger partial charge < -0.3 is 14.9 Å². The van der Waals surface area contributed by atoms with Crippen LogP contribution in [0.2, 0.25) is 0 Å². The zero-order valence-corrected chi connectivity index (χ0v) is 15.1. The number of amides is 1. The number of aromatic nitrogens is 2. The Morgan fingerprint density at radius 1 is 1.24 bits per heavy atom. The molecule has 6 heteroatoms. The summed E-state index contributed by atoms with van der Waals surface area (Å²) in [5.74, 6) is 0.363. The van der Waals surface area contributed by atoms with Crippen LogP contribution < -0.4 is 0 Å². The van der Waals surface area contributed by atoms with Crippen LogP contribution in [0.4, 0.5) is 0 Å². The van der Waals surface area contributed by atoms with Gasteiger partial charge in [-0.1, -0.05) is 30.3 Å². The smallest absolute Gasteiger partial charge is 0.274 e. The van der Waals surface area contributed by atoms with E-state index in [0.29, 0.717) is 24.7 Å². The molecule has 1 amide bonds. The zero-order valence-electron chi connectivity index (χ0n) is 15.1. The first kappa shape index (κ1) is 17.6. The molecule has 25 heavy (non-hydrogen) atoms. The molecule has 2 heterocycles. The molecule has 0 radical (unpaired) electrons. The van der Waals surface area contributed by atoms with Gasteiger partial charge in [0.2, 0.25) is 0 Å². The summed E-state index contributed by atoms with van der Waals surface area (Å²) in [5, 5.41) is 14.1. The van der Waals surface area contributed by atoms with Gasteiger partial charge in [0, 0.05) is 39.2 Å². The topological polar surface area (TPSA) is 61.6 Å². The van der Waals surface area contributed by atoms with Gasteiger partial charge in [0.1, 0.15) is 0 Å². The predicted molar refractivity (Wildman–Crippen MR) is 97.2 cm³/mol. The Hall–Kier alpha value is -2.18. The first-order valence-corrected chi connectivity index (χ1v) is 8.64. The van der Waals surface area contributed by atoms with Gasteiger partial charge in [-0.25, -0.2) is 0 Å². The van der Waals surface area contributed by atoms with Crippen LogP contribution in [0, 0.1) is 11.8 Å². The molecule has 0 aliphatic carbocycles. The van der Waals surface area contributed by atoms with E-state index in [4.69, 9.17) is 0 Å². The van der Waals surface area contributed by atoms with Crippen molar-refractivity contribution in [1.29, 1.82) is 0 Å². The van der Waals surface area contributed by atoms with E-state index in [1.807, 2.05) is 62.4 Å². The Labute approximate surface area is 148 Å². The van der Waals surface area contributed by atoms with Crippen molar-refractivity contribution in [3.63, 3.8) is 0 Å². The number of likely N-dealkylation sites (tertiary alicyclic amines) is 1. The molecule has 1 aromatic carbocycles. The second kappa shape index (κ2) is 7.37. The number of rotatable bonds is 5. The second-order valence-corrected chi connectivity index (χ2v) is 7.08. The highest BCUT2D eigenvalue weighted by atomic mass is 16.3. The van der Waals surface area contributed by atoms with Crippen molar-refractivity contribution in [2.45, 2.75) is 0 Å². The third kappa shape index (κ3) is 3.75. The van der Waals surface area contributed by atoms with E-state index in [1.54, 1.807) is 4.68 Å². The summed E-state index contributed by atoms with van der Waals surface area (Å²) in [6.45, 7) is 2.23. The maximum Gasteiger partial charge on any atom is 0.274 e. The zero-order chi connectivity index (χ0) is 18.0. The molecule has 1 aromatic heterocycles. The average Bonchev–Trinajstić information content (AvgIpc) is 3.18. The average molecular weight is 342 g/mol. The third-order valence-electron chi connectivity index (χ3n) is 4.87. The second-order valence-electron chi connectivity index (χ2n) is 7.08. The standard InChI is InChI=1S/C19H26N4O2/c1-21(2)10-15-11-23(12-16(15)13-24)19(25)17-9-18(22(3)20-17)14-7-5-4-6-8-14/h4-9,15-16,24H,10-13H2,1-3H3/t15-,16-/m1/s1. The molecule has 3 rings (SSSR count). The monoisotopic (exact) mass is 342 g/mol. The summed E-state index contributed by atoms with van der Waals surface area (Å²) >= 11 is 0. The highest BCUT2D eigenvalue weighted by Crippen LogP contribution is 2.26. The number of nitrogens with zero attached hydrogens (tertiary/aromatic N) is 4. The molecule has 1 saturated heterocycles. The van der Waals surface area contributed by atoms with Gasteiger partial charge in [0.15, 0.2) is 5.69 Å². The Morgan fingerprint density at radius 2 is 1.92 bits per heavy atom. The van der Waals surface area contributed by atoms with Crippen molar-refractivity contribution in [3.8, 4) is 11.3 Å². The Balaban J connectivity index is 1.78. The molecule has 2 aromatic rings. The van der Waals surface area contributed by atoms with Crippen molar-refractivity contribution >= 4 is 5.91 Å². The highest BCUT2D eigenvalue weighted by Gasteiger charge is 2.36. The summed E-state index contributed by atoms with van der Waals surface area (Å²) < 4.78 is 1.75. The summed E-state index contributed by atoms with van der Waals surface area (Å²) in [4.78, 5) is 16.8. The Morgan fingerprint density at radius 3 is 2.56 bits per heavy atom. The molecule has 1 N–H and O–H groups in total. The minimum absolute atomic E-state index is 0.0579. The molecule has 0 spiro atoms. The number of aliphatic hydroxyl groups excluding tert-OH is 1. The first-order valence-electron chi connectivity index (χ1n) is 8.64. The minimum Gasteiger partial charge on any atom is -0.396 e. The molecule has 1 aliphatic heterocycles. The largest absolute Gasteiger partial charge is 0.396 e. The normalized spacial score (nSPS) is 20.4. The fourth-order valence-corrected chi connectivity index (χ4v) is 3.60. The maximum atomic E-state index is 12.9. The predicted octanol–water partition coefficient (Wildman–Crippen LogP) is 1.33. The molecule has 134 valence electrons. The fraction of sp³-hybridized carbons (Fsp3) is 0.474. The number of hydrogen-bond donors (Lipinski definition) is 1. The number of aryl methyl sites for hydroxylation is 1. The highest BCUT2D eigenvalue weighted by molar-refractivity contribution is 5.93. The van der Waals surface area contributed by atoms with Gasteiger partial charge in [0.25, 0.3) is 5.91 Å². The first-order chi connectivity index (χ1) is 12.0. The van der Waals surface area contributed by atoms with Gasteiger partial charge in [-0.05, 0) is 31.6 Å². The van der Waals surface area contributed by atoms with Crippen LogP contribution in [-0.2, 0) is 7.05 Å². The number of carbonyl (C=O) groups is 1. The van der Waals surface area contributed by atoms with Crippen LogP contribution in [0.3, 0.4) is 0 Å². The summed E-state index contributed by atoms with van der Waals surface area (Å²) in [6.07, 6.45) is 0. The summed E-state index contributed by atoms with van der Waals surface area (Å²) in [7, 11) is 5.89. The van der Waals surface area contributed by atoms with Crippen molar-refractivity contribution in [2.75, 3.05) is 40.3 Å². The van der Waals surface area contributed by atoms with E-state index in [0.717, 1.165) is 17.8 Å². The van der Waals surface area contributed by atoms with Crippen molar-refractivity contribution in [3.05, 3.63) is 42.1 Å². The van der Waals surface area contributed by atoms with Crippen LogP contribution in [0.5, 0.6) is 0 Å². The van der Waals surface area contributed by atoms with Gasteiger partial charge in [0.05, 0.1) is 5.69 Å². The van der Waals surface area contributed by atoms with Gasteiger partial charge >= 0.3 is 0 Å². The van der Waals surface area contributed by atoms with E-state index in [9.17, 15) is 9.90 Å². The lowest BCUT2D eigenvalue weighted by atomic mass is 9.97. The Kier molecular flexibility index (Phi) is 5.20. The molecule has 0 bridgehead atoms. The number of aliphatic hydroxyl groups is 1. The van der Waals surface area contributed by atoms with E-state index in [2.05, 4.69) is 10.00 Å². The van der Waals surface area contributed by atoms with Crippen LogP contribution in [-0.4, -0.2) is 70.9 Å². The van der Waals surface area contributed by atoms with E-state index in [-0.39, 0.29) is 18.4 Å². The molecular formula is C19H26N4O2. The van der Waals surface area contributed by atoms with Gasteiger partial charge in [-0.15, -0.1) is 0 Å². The third-order valence-corrected chi connectivity index (χ3v) is 4.87. The fourth-order valence-electron chi connectivity index (χ4n) is 3.60.